The summed E-state index contributed by atoms with van der Waals surface area (Å²) >= 11 is 0. The van der Waals surface area contributed by atoms with Gasteiger partial charge in [-0.05, 0) is 19.4 Å². The van der Waals surface area contributed by atoms with E-state index in [1.165, 1.54) is 0 Å². The molecule has 0 radical (unpaired) electrons. The van der Waals surface area contributed by atoms with Gasteiger partial charge in [-0.1, -0.05) is 18.2 Å². The monoisotopic (exact) mass is 286 g/mol. The molecule has 0 aliphatic carbocycles. The molecule has 1 aliphatic rings. The fourth-order valence-corrected chi connectivity index (χ4v) is 3.22. The zero-order chi connectivity index (χ0) is 15.1. The third-order valence-electron chi connectivity index (χ3n) is 4.46. The number of aryl methyl sites for hydroxylation is 1. The Kier molecular flexibility index (Phi) is 3.20. The average Bonchev–Trinajstić information content (AvgIpc) is 3.00. The molecule has 1 aliphatic heterocycles. The number of fused-ring (bicyclic) bond motifs is 1. The van der Waals surface area contributed by atoms with Gasteiger partial charge < -0.3 is 14.6 Å². The number of nitrogens with zero attached hydrogens (tertiary/aromatic N) is 2. The molecule has 1 saturated heterocycles. The topological polar surface area (TPSA) is 62.5 Å². The first-order chi connectivity index (χ1) is 10.0. The molecule has 5 nitrogen and oxygen atoms in total. The van der Waals surface area contributed by atoms with Crippen molar-refractivity contribution in [3.63, 3.8) is 0 Å². The van der Waals surface area contributed by atoms with E-state index in [0.29, 0.717) is 18.5 Å². The van der Waals surface area contributed by atoms with E-state index in [4.69, 9.17) is 0 Å². The molecule has 0 saturated carbocycles. The van der Waals surface area contributed by atoms with Gasteiger partial charge in [0.15, 0.2) is 0 Å². The molecule has 2 unspecified atom stereocenters. The lowest BCUT2D eigenvalue weighted by molar-refractivity contribution is -0.142. The van der Waals surface area contributed by atoms with Crippen LogP contribution in [0, 0.1) is 5.92 Å². The first-order valence-corrected chi connectivity index (χ1v) is 7.08. The highest BCUT2D eigenvalue weighted by molar-refractivity contribution is 6.07. The summed E-state index contributed by atoms with van der Waals surface area (Å²) in [5.41, 5.74) is 1.65. The molecule has 110 valence electrons. The summed E-state index contributed by atoms with van der Waals surface area (Å²) < 4.78 is 1.93. The first kappa shape index (κ1) is 13.7. The molecule has 3 rings (SSSR count). The number of aromatic nitrogens is 1. The number of amides is 1. The van der Waals surface area contributed by atoms with Gasteiger partial charge in [0.2, 0.25) is 0 Å². The SMILES string of the molecule is CC1C(C(=O)O)CCN1C(=O)c1cn(C)c2ccccc12. The van der Waals surface area contributed by atoms with Crippen molar-refractivity contribution in [2.75, 3.05) is 6.54 Å². The third-order valence-corrected chi connectivity index (χ3v) is 4.46. The van der Waals surface area contributed by atoms with E-state index in [1.54, 1.807) is 4.90 Å². The Bertz CT molecular complexity index is 719. The number of hydrogen-bond donors (Lipinski definition) is 1. The highest BCUT2D eigenvalue weighted by Crippen LogP contribution is 2.28. The lowest BCUT2D eigenvalue weighted by atomic mass is 10.0. The van der Waals surface area contributed by atoms with Crippen LogP contribution in [0.15, 0.2) is 30.5 Å². The van der Waals surface area contributed by atoms with Crippen molar-refractivity contribution in [2.45, 2.75) is 19.4 Å². The minimum atomic E-state index is -0.823. The minimum Gasteiger partial charge on any atom is -0.481 e. The predicted molar refractivity (Wildman–Crippen MR) is 79.2 cm³/mol. The number of aliphatic carboxylic acids is 1. The van der Waals surface area contributed by atoms with Gasteiger partial charge in [-0.25, -0.2) is 0 Å². The zero-order valence-corrected chi connectivity index (χ0v) is 12.1. The number of hydrogen-bond acceptors (Lipinski definition) is 2. The van der Waals surface area contributed by atoms with E-state index in [-0.39, 0.29) is 11.9 Å². The van der Waals surface area contributed by atoms with Crippen LogP contribution in [0.4, 0.5) is 0 Å². The van der Waals surface area contributed by atoms with E-state index >= 15 is 0 Å². The van der Waals surface area contributed by atoms with Crippen LogP contribution in [0.3, 0.4) is 0 Å². The smallest absolute Gasteiger partial charge is 0.308 e. The van der Waals surface area contributed by atoms with Gasteiger partial charge in [0.25, 0.3) is 5.91 Å². The maximum absolute atomic E-state index is 12.8. The maximum atomic E-state index is 12.8. The van der Waals surface area contributed by atoms with Crippen molar-refractivity contribution in [1.82, 2.24) is 9.47 Å². The molecular weight excluding hydrogens is 268 g/mol. The Labute approximate surface area is 122 Å². The van der Waals surface area contributed by atoms with Crippen LogP contribution in [-0.2, 0) is 11.8 Å². The summed E-state index contributed by atoms with van der Waals surface area (Å²) in [4.78, 5) is 25.6. The number of carbonyl (C=O) groups excluding carboxylic acids is 1. The maximum Gasteiger partial charge on any atom is 0.308 e. The van der Waals surface area contributed by atoms with E-state index in [9.17, 15) is 14.7 Å². The Morgan fingerprint density at radius 3 is 2.67 bits per heavy atom. The Balaban J connectivity index is 1.97. The van der Waals surface area contributed by atoms with Gasteiger partial charge in [-0.15, -0.1) is 0 Å². The number of carboxylic acids is 1. The minimum absolute atomic E-state index is 0.0805. The lowest BCUT2D eigenvalue weighted by Crippen LogP contribution is -2.37. The fourth-order valence-electron chi connectivity index (χ4n) is 3.22. The molecule has 1 N–H and O–H groups in total. The van der Waals surface area contributed by atoms with Crippen LogP contribution in [0.2, 0.25) is 0 Å². The van der Waals surface area contributed by atoms with Crippen LogP contribution in [-0.4, -0.2) is 39.0 Å². The molecule has 2 aromatic rings. The summed E-state index contributed by atoms with van der Waals surface area (Å²) in [5, 5.41) is 10.1. The van der Waals surface area contributed by atoms with Crippen molar-refractivity contribution in [1.29, 1.82) is 0 Å². The second kappa shape index (κ2) is 4.91. The molecular formula is C16H18N2O3. The van der Waals surface area contributed by atoms with E-state index in [1.807, 2.05) is 49.0 Å². The van der Waals surface area contributed by atoms with Crippen LogP contribution >= 0.6 is 0 Å². The van der Waals surface area contributed by atoms with Crippen molar-refractivity contribution in [2.24, 2.45) is 13.0 Å². The summed E-state index contributed by atoms with van der Waals surface area (Å²) in [6, 6.07) is 7.48. The number of likely N-dealkylation sites (tertiary alicyclic amines) is 1. The lowest BCUT2D eigenvalue weighted by Gasteiger charge is -2.23. The molecule has 0 spiro atoms. The zero-order valence-electron chi connectivity index (χ0n) is 12.1. The number of rotatable bonds is 2. The van der Waals surface area contributed by atoms with E-state index in [2.05, 4.69) is 0 Å². The van der Waals surface area contributed by atoms with Crippen molar-refractivity contribution < 1.29 is 14.7 Å². The second-order valence-electron chi connectivity index (χ2n) is 5.64. The summed E-state index contributed by atoms with van der Waals surface area (Å²) in [7, 11) is 1.91. The van der Waals surface area contributed by atoms with Gasteiger partial charge in [-0.3, -0.25) is 9.59 Å². The molecule has 21 heavy (non-hydrogen) atoms. The van der Waals surface area contributed by atoms with Crippen LogP contribution < -0.4 is 0 Å². The summed E-state index contributed by atoms with van der Waals surface area (Å²) in [6.07, 6.45) is 2.35. The molecule has 1 aromatic carbocycles. The average molecular weight is 286 g/mol. The van der Waals surface area contributed by atoms with E-state index < -0.39 is 11.9 Å². The van der Waals surface area contributed by atoms with Crippen molar-refractivity contribution >= 4 is 22.8 Å². The predicted octanol–water partition coefficient (Wildman–Crippen LogP) is 2.11. The molecule has 2 heterocycles. The standard InChI is InChI=1S/C16H18N2O3/c1-10-11(16(20)21)7-8-18(10)15(19)13-9-17(2)14-6-4-3-5-12(13)14/h3-6,9-11H,7-8H2,1-2H3,(H,20,21). The Morgan fingerprint density at radius 2 is 2.00 bits per heavy atom. The number of carbonyl (C=O) groups is 2. The van der Waals surface area contributed by atoms with Crippen LogP contribution in [0.5, 0.6) is 0 Å². The number of para-hydroxylation sites is 1. The highest BCUT2D eigenvalue weighted by atomic mass is 16.4. The largest absolute Gasteiger partial charge is 0.481 e. The third kappa shape index (κ3) is 2.09. The van der Waals surface area contributed by atoms with Gasteiger partial charge in [-0.2, -0.15) is 0 Å². The molecule has 1 amide bonds. The number of carboxylic acid groups (broad SMARTS) is 1. The molecule has 1 fully saturated rings. The van der Waals surface area contributed by atoms with Gasteiger partial charge in [0, 0.05) is 36.7 Å². The summed E-state index contributed by atoms with van der Waals surface area (Å²) in [5.74, 6) is -1.37. The quantitative estimate of drug-likeness (QED) is 0.919. The molecule has 2 atom stereocenters. The molecule has 0 bridgehead atoms. The van der Waals surface area contributed by atoms with Gasteiger partial charge in [0.1, 0.15) is 0 Å². The first-order valence-electron chi connectivity index (χ1n) is 7.08. The Morgan fingerprint density at radius 1 is 1.29 bits per heavy atom. The normalized spacial score (nSPS) is 21.9. The van der Waals surface area contributed by atoms with Crippen LogP contribution in [0.1, 0.15) is 23.7 Å². The van der Waals surface area contributed by atoms with Crippen LogP contribution in [0.25, 0.3) is 10.9 Å². The Hall–Kier alpha value is -2.30. The fraction of sp³-hybridized carbons (Fsp3) is 0.375. The summed E-state index contributed by atoms with van der Waals surface area (Å²) in [6.45, 7) is 2.31. The number of benzene rings is 1. The van der Waals surface area contributed by atoms with Crippen molar-refractivity contribution in [3.8, 4) is 0 Å². The molecule has 5 heteroatoms. The van der Waals surface area contributed by atoms with Gasteiger partial charge in [0.05, 0.1) is 11.5 Å². The highest BCUT2D eigenvalue weighted by Gasteiger charge is 2.38. The van der Waals surface area contributed by atoms with Crippen molar-refractivity contribution in [3.05, 3.63) is 36.0 Å². The second-order valence-corrected chi connectivity index (χ2v) is 5.64. The van der Waals surface area contributed by atoms with E-state index in [0.717, 1.165) is 10.9 Å². The molecule has 1 aromatic heterocycles. The van der Waals surface area contributed by atoms with Gasteiger partial charge >= 0.3 is 5.97 Å².